The van der Waals surface area contributed by atoms with Crippen LogP contribution in [0.2, 0.25) is 0 Å². The van der Waals surface area contributed by atoms with Gasteiger partial charge in [-0.05, 0) is 17.5 Å². The number of nitro groups is 1. The Morgan fingerprint density at radius 1 is 1.40 bits per heavy atom. The van der Waals surface area contributed by atoms with E-state index in [2.05, 4.69) is 24.1 Å². The van der Waals surface area contributed by atoms with Gasteiger partial charge in [-0.1, -0.05) is 19.9 Å². The molecule has 2 aromatic rings. The highest BCUT2D eigenvalue weighted by Crippen LogP contribution is 2.32. The van der Waals surface area contributed by atoms with Crippen molar-refractivity contribution < 1.29 is 4.92 Å². The summed E-state index contributed by atoms with van der Waals surface area (Å²) in [5, 5.41) is 14.0. The van der Waals surface area contributed by atoms with Crippen molar-refractivity contribution >= 4 is 11.4 Å². The second kappa shape index (κ2) is 5.73. The van der Waals surface area contributed by atoms with Gasteiger partial charge in [0.15, 0.2) is 0 Å². The van der Waals surface area contributed by atoms with Gasteiger partial charge in [0.05, 0.1) is 17.3 Å². The molecule has 20 heavy (non-hydrogen) atoms. The van der Waals surface area contributed by atoms with Crippen molar-refractivity contribution in [1.82, 2.24) is 9.55 Å². The Morgan fingerprint density at radius 3 is 2.65 bits per heavy atom. The summed E-state index contributed by atoms with van der Waals surface area (Å²) in [6.45, 7) is 4.17. The molecule has 6 heteroatoms. The molecular formula is C14H18N4O2. The van der Waals surface area contributed by atoms with Crippen LogP contribution in [0.1, 0.15) is 25.5 Å². The third-order valence-electron chi connectivity index (χ3n) is 3.31. The zero-order valence-electron chi connectivity index (χ0n) is 11.8. The third-order valence-corrected chi connectivity index (χ3v) is 3.31. The molecule has 0 aliphatic heterocycles. The number of nitrogens with one attached hydrogen (secondary N) is 1. The van der Waals surface area contributed by atoms with Crippen LogP contribution in [0.15, 0.2) is 36.9 Å². The van der Waals surface area contributed by atoms with Crippen LogP contribution in [0, 0.1) is 16.0 Å². The van der Waals surface area contributed by atoms with E-state index in [0.29, 0.717) is 11.6 Å². The molecule has 1 N–H and O–H groups in total. The molecule has 6 nitrogen and oxygen atoms in total. The largest absolute Gasteiger partial charge is 0.383 e. The highest BCUT2D eigenvalue weighted by molar-refractivity contribution is 5.62. The van der Waals surface area contributed by atoms with Gasteiger partial charge in [0.25, 0.3) is 5.69 Å². The van der Waals surface area contributed by atoms with Crippen molar-refractivity contribution in [1.29, 1.82) is 0 Å². The topological polar surface area (TPSA) is 73.0 Å². The summed E-state index contributed by atoms with van der Waals surface area (Å²) < 4.78 is 1.97. The predicted octanol–water partition coefficient (Wildman–Crippen LogP) is 3.08. The summed E-state index contributed by atoms with van der Waals surface area (Å²) in [6.07, 6.45) is 5.33. The Bertz CT molecular complexity index is 593. The lowest BCUT2D eigenvalue weighted by Crippen LogP contribution is -2.15. The van der Waals surface area contributed by atoms with Crippen molar-refractivity contribution in [2.24, 2.45) is 5.92 Å². The second-order valence-electron chi connectivity index (χ2n) is 4.98. The fourth-order valence-electron chi connectivity index (χ4n) is 2.43. The first-order valence-electron chi connectivity index (χ1n) is 6.48. The second-order valence-corrected chi connectivity index (χ2v) is 4.98. The fourth-order valence-corrected chi connectivity index (χ4v) is 2.43. The zero-order valence-corrected chi connectivity index (χ0v) is 11.8. The number of nitrogens with zero attached hydrogens (tertiary/aromatic N) is 3. The fraction of sp³-hybridized carbons (Fsp3) is 0.357. The van der Waals surface area contributed by atoms with E-state index in [4.69, 9.17) is 0 Å². The van der Waals surface area contributed by atoms with E-state index in [1.807, 2.05) is 16.8 Å². The molecule has 0 aliphatic carbocycles. The van der Waals surface area contributed by atoms with Crippen LogP contribution < -0.4 is 5.32 Å². The van der Waals surface area contributed by atoms with Crippen LogP contribution in [0.4, 0.5) is 11.4 Å². The quantitative estimate of drug-likeness (QED) is 0.671. The molecule has 2 rings (SSSR count). The molecule has 0 radical (unpaired) electrons. The summed E-state index contributed by atoms with van der Waals surface area (Å²) in [7, 11) is 1.68. The minimum absolute atomic E-state index is 0.0297. The smallest absolute Gasteiger partial charge is 0.292 e. The molecule has 1 aromatic heterocycles. The van der Waals surface area contributed by atoms with Crippen molar-refractivity contribution in [3.8, 4) is 0 Å². The van der Waals surface area contributed by atoms with Gasteiger partial charge in [0.2, 0.25) is 0 Å². The first kappa shape index (κ1) is 14.0. The van der Waals surface area contributed by atoms with Crippen LogP contribution in [0.3, 0.4) is 0 Å². The average Bonchev–Trinajstić information content (AvgIpc) is 2.92. The van der Waals surface area contributed by atoms with Gasteiger partial charge in [-0.2, -0.15) is 0 Å². The maximum absolute atomic E-state index is 11.2. The minimum atomic E-state index is -0.360. The number of rotatable bonds is 5. The van der Waals surface area contributed by atoms with E-state index in [9.17, 15) is 10.1 Å². The number of hydrogen-bond donors (Lipinski definition) is 1. The van der Waals surface area contributed by atoms with E-state index in [0.717, 1.165) is 5.56 Å². The molecule has 1 atom stereocenters. The molecule has 1 aromatic carbocycles. The number of benzene rings is 1. The molecule has 0 saturated heterocycles. The van der Waals surface area contributed by atoms with Crippen molar-refractivity contribution in [3.05, 3.63) is 52.6 Å². The van der Waals surface area contributed by atoms with Gasteiger partial charge in [-0.15, -0.1) is 0 Å². The Hall–Kier alpha value is -2.37. The van der Waals surface area contributed by atoms with Gasteiger partial charge >= 0.3 is 0 Å². The van der Waals surface area contributed by atoms with E-state index >= 15 is 0 Å². The lowest BCUT2D eigenvalue weighted by Gasteiger charge is -2.23. The summed E-state index contributed by atoms with van der Waals surface area (Å²) in [5.74, 6) is 0.296. The maximum atomic E-state index is 11.2. The predicted molar refractivity (Wildman–Crippen MR) is 77.8 cm³/mol. The van der Waals surface area contributed by atoms with E-state index in [1.165, 1.54) is 0 Å². The molecule has 0 spiro atoms. The summed E-state index contributed by atoms with van der Waals surface area (Å²) in [4.78, 5) is 14.9. The highest BCUT2D eigenvalue weighted by atomic mass is 16.6. The number of hydrogen-bond acceptors (Lipinski definition) is 4. The molecule has 0 fully saturated rings. The van der Waals surface area contributed by atoms with E-state index in [-0.39, 0.29) is 16.7 Å². The maximum Gasteiger partial charge on any atom is 0.292 e. The number of aromatic nitrogens is 2. The third kappa shape index (κ3) is 2.64. The SMILES string of the molecule is CNc1ccc(C(C(C)C)n2ccnc2)cc1[N+](=O)[O-]. The van der Waals surface area contributed by atoms with Crippen LogP contribution in [0.5, 0.6) is 0 Å². The van der Waals surface area contributed by atoms with Crippen molar-refractivity contribution in [2.75, 3.05) is 12.4 Å². The first-order chi connectivity index (χ1) is 9.54. The standard InChI is InChI=1S/C14H18N4O2/c1-10(2)14(17-7-6-16-9-17)11-4-5-12(15-3)13(8-11)18(19)20/h4-10,14-15H,1-3H3. The first-order valence-corrected chi connectivity index (χ1v) is 6.48. The summed E-state index contributed by atoms with van der Waals surface area (Å²) in [6, 6.07) is 5.34. The van der Waals surface area contributed by atoms with Crippen LogP contribution in [0.25, 0.3) is 0 Å². The molecular weight excluding hydrogens is 256 g/mol. The van der Waals surface area contributed by atoms with Gasteiger partial charge < -0.3 is 9.88 Å². The zero-order chi connectivity index (χ0) is 14.7. The monoisotopic (exact) mass is 274 g/mol. The number of anilines is 1. The molecule has 0 aliphatic rings. The summed E-state index contributed by atoms with van der Waals surface area (Å²) >= 11 is 0. The van der Waals surface area contributed by atoms with Gasteiger partial charge in [-0.25, -0.2) is 4.98 Å². The average molecular weight is 274 g/mol. The Balaban J connectivity index is 2.50. The Morgan fingerprint density at radius 2 is 2.15 bits per heavy atom. The highest BCUT2D eigenvalue weighted by Gasteiger charge is 2.21. The van der Waals surface area contributed by atoms with Gasteiger partial charge in [-0.3, -0.25) is 10.1 Å². The Labute approximate surface area is 117 Å². The van der Waals surface area contributed by atoms with Crippen molar-refractivity contribution in [2.45, 2.75) is 19.9 Å². The van der Waals surface area contributed by atoms with Crippen LogP contribution in [-0.4, -0.2) is 21.5 Å². The Kier molecular flexibility index (Phi) is 4.02. The normalized spacial score (nSPS) is 12.4. The lowest BCUT2D eigenvalue weighted by atomic mass is 9.95. The van der Waals surface area contributed by atoms with Gasteiger partial charge in [0.1, 0.15) is 5.69 Å². The molecule has 0 saturated carbocycles. The molecule has 0 bridgehead atoms. The molecule has 106 valence electrons. The molecule has 1 heterocycles. The number of imidazole rings is 1. The van der Waals surface area contributed by atoms with Crippen molar-refractivity contribution in [3.63, 3.8) is 0 Å². The lowest BCUT2D eigenvalue weighted by molar-refractivity contribution is -0.384. The van der Waals surface area contributed by atoms with Crippen LogP contribution >= 0.6 is 0 Å². The molecule has 1 unspecified atom stereocenters. The van der Waals surface area contributed by atoms with Gasteiger partial charge in [0, 0.05) is 25.5 Å². The summed E-state index contributed by atoms with van der Waals surface area (Å²) in [5.41, 5.74) is 1.52. The number of nitro benzene ring substituents is 1. The molecule has 0 amide bonds. The van der Waals surface area contributed by atoms with E-state index in [1.54, 1.807) is 31.7 Å². The van der Waals surface area contributed by atoms with E-state index < -0.39 is 0 Å². The van der Waals surface area contributed by atoms with Crippen LogP contribution in [-0.2, 0) is 0 Å². The minimum Gasteiger partial charge on any atom is -0.383 e.